The Morgan fingerprint density at radius 1 is 0.920 bits per heavy atom. The lowest BCUT2D eigenvalue weighted by Gasteiger charge is -2.28. The number of ether oxygens (including phenoxy) is 2. The van der Waals surface area contributed by atoms with E-state index in [1.54, 1.807) is 0 Å². The maximum Gasteiger partial charge on any atom is 0.248 e. The summed E-state index contributed by atoms with van der Waals surface area (Å²) in [6.07, 6.45) is 2.24. The van der Waals surface area contributed by atoms with Gasteiger partial charge in [-0.25, -0.2) is 0 Å². The molecular formula is C21H35NO3. The Morgan fingerprint density at radius 3 is 1.76 bits per heavy atom. The largest absolute Gasteiger partial charge is 0.378 e. The summed E-state index contributed by atoms with van der Waals surface area (Å²) in [5.74, 6) is 1.30. The van der Waals surface area contributed by atoms with Crippen LogP contribution in [0.25, 0.3) is 0 Å². The molecule has 0 radical (unpaired) electrons. The number of nitrogens with zero attached hydrogens (tertiary/aromatic N) is 1. The summed E-state index contributed by atoms with van der Waals surface area (Å²) in [6.45, 7) is 11.7. The molecule has 0 atom stereocenters. The number of hydrogen-bond acceptors (Lipinski definition) is 3. The number of rotatable bonds is 7. The van der Waals surface area contributed by atoms with Crippen LogP contribution >= 0.6 is 0 Å². The number of benzene rings is 1. The van der Waals surface area contributed by atoms with Gasteiger partial charge in [0.25, 0.3) is 0 Å². The lowest BCUT2D eigenvalue weighted by Crippen LogP contribution is -2.43. The average Bonchev–Trinajstić information content (AvgIpc) is 2.61. The fourth-order valence-corrected chi connectivity index (χ4v) is 2.76. The molecule has 1 aliphatic rings. The number of hydrogen-bond donors (Lipinski definition) is 0. The fraction of sp³-hybridized carbons (Fsp3) is 0.667. The SMILES string of the molecule is CC(C)CC(CC(C)C)OCC(=O)N1CCOCC1.c1ccccc1. The first kappa shape index (κ1) is 21.7. The molecule has 1 fully saturated rings. The molecule has 0 aromatic heterocycles. The van der Waals surface area contributed by atoms with Crippen LogP contribution in [0.5, 0.6) is 0 Å². The van der Waals surface area contributed by atoms with Crippen molar-refractivity contribution >= 4 is 5.91 Å². The highest BCUT2D eigenvalue weighted by atomic mass is 16.5. The third kappa shape index (κ3) is 11.0. The second-order valence-electron chi connectivity index (χ2n) is 7.34. The van der Waals surface area contributed by atoms with Crippen LogP contribution in [-0.2, 0) is 14.3 Å². The van der Waals surface area contributed by atoms with Crippen LogP contribution in [0.15, 0.2) is 36.4 Å². The molecule has 0 unspecified atom stereocenters. The normalized spacial score (nSPS) is 14.6. The molecule has 0 bridgehead atoms. The zero-order chi connectivity index (χ0) is 18.5. The highest BCUT2D eigenvalue weighted by Gasteiger charge is 2.20. The van der Waals surface area contributed by atoms with Crippen LogP contribution in [0.4, 0.5) is 0 Å². The molecule has 1 heterocycles. The fourth-order valence-electron chi connectivity index (χ4n) is 2.76. The Balaban J connectivity index is 0.000000435. The van der Waals surface area contributed by atoms with E-state index in [9.17, 15) is 4.79 Å². The van der Waals surface area contributed by atoms with E-state index in [0.717, 1.165) is 12.8 Å². The standard InChI is InChI=1S/C15H29NO3.C6H6/c1-12(2)9-14(10-13(3)4)19-11-15(17)16-5-7-18-8-6-16;1-2-4-6-5-3-1/h12-14H,5-11H2,1-4H3;1-6H. The summed E-state index contributed by atoms with van der Waals surface area (Å²) < 4.78 is 11.1. The van der Waals surface area contributed by atoms with Gasteiger partial charge < -0.3 is 14.4 Å². The monoisotopic (exact) mass is 349 g/mol. The molecule has 25 heavy (non-hydrogen) atoms. The summed E-state index contributed by atoms with van der Waals surface area (Å²) in [6, 6.07) is 12.0. The lowest BCUT2D eigenvalue weighted by atomic mass is 9.98. The summed E-state index contributed by atoms with van der Waals surface area (Å²) in [4.78, 5) is 13.9. The van der Waals surface area contributed by atoms with Crippen LogP contribution in [0.1, 0.15) is 40.5 Å². The number of carbonyl (C=O) groups is 1. The molecule has 1 amide bonds. The first-order valence-corrected chi connectivity index (χ1v) is 9.46. The van der Waals surface area contributed by atoms with E-state index in [0.29, 0.717) is 38.1 Å². The molecule has 0 N–H and O–H groups in total. The zero-order valence-electron chi connectivity index (χ0n) is 16.3. The van der Waals surface area contributed by atoms with Gasteiger partial charge in [-0.05, 0) is 24.7 Å². The smallest absolute Gasteiger partial charge is 0.248 e. The summed E-state index contributed by atoms with van der Waals surface area (Å²) in [5.41, 5.74) is 0. The van der Waals surface area contributed by atoms with Crippen molar-refractivity contribution in [2.24, 2.45) is 11.8 Å². The highest BCUT2D eigenvalue weighted by Crippen LogP contribution is 2.16. The van der Waals surface area contributed by atoms with Gasteiger partial charge in [-0.1, -0.05) is 64.1 Å². The van der Waals surface area contributed by atoms with Gasteiger partial charge in [0, 0.05) is 13.1 Å². The van der Waals surface area contributed by atoms with Crippen LogP contribution in [0.2, 0.25) is 0 Å². The molecule has 1 saturated heterocycles. The van der Waals surface area contributed by atoms with Crippen LogP contribution in [0.3, 0.4) is 0 Å². The van der Waals surface area contributed by atoms with Crippen molar-refractivity contribution in [1.82, 2.24) is 4.90 Å². The molecule has 4 heteroatoms. The molecule has 0 saturated carbocycles. The summed E-state index contributed by atoms with van der Waals surface area (Å²) in [5, 5.41) is 0. The summed E-state index contributed by atoms with van der Waals surface area (Å²) >= 11 is 0. The third-order valence-electron chi connectivity index (χ3n) is 3.94. The second kappa shape index (κ2) is 12.9. The van der Waals surface area contributed by atoms with E-state index in [2.05, 4.69) is 27.7 Å². The van der Waals surface area contributed by atoms with E-state index in [1.807, 2.05) is 41.3 Å². The molecule has 1 aromatic carbocycles. The van der Waals surface area contributed by atoms with Crippen molar-refractivity contribution in [2.75, 3.05) is 32.9 Å². The Morgan fingerprint density at radius 2 is 1.36 bits per heavy atom. The van der Waals surface area contributed by atoms with Gasteiger partial charge in [0.05, 0.1) is 19.3 Å². The van der Waals surface area contributed by atoms with Crippen molar-refractivity contribution in [3.05, 3.63) is 36.4 Å². The topological polar surface area (TPSA) is 38.8 Å². The van der Waals surface area contributed by atoms with Crippen LogP contribution < -0.4 is 0 Å². The quantitative estimate of drug-likeness (QED) is 0.746. The van der Waals surface area contributed by atoms with Crippen molar-refractivity contribution in [3.8, 4) is 0 Å². The van der Waals surface area contributed by atoms with E-state index in [4.69, 9.17) is 9.47 Å². The van der Waals surface area contributed by atoms with Crippen molar-refractivity contribution in [1.29, 1.82) is 0 Å². The van der Waals surface area contributed by atoms with Crippen LogP contribution in [-0.4, -0.2) is 49.8 Å². The third-order valence-corrected chi connectivity index (χ3v) is 3.94. The minimum absolute atomic E-state index is 0.0980. The zero-order valence-corrected chi connectivity index (χ0v) is 16.3. The predicted octanol–water partition coefficient (Wildman–Crippen LogP) is 4.01. The molecule has 1 aromatic rings. The summed E-state index contributed by atoms with van der Waals surface area (Å²) in [7, 11) is 0. The maximum absolute atomic E-state index is 12.0. The second-order valence-corrected chi connectivity index (χ2v) is 7.34. The van der Waals surface area contributed by atoms with Gasteiger partial charge >= 0.3 is 0 Å². The Bertz CT molecular complexity index is 405. The van der Waals surface area contributed by atoms with Gasteiger partial charge in [0.2, 0.25) is 5.91 Å². The molecular weight excluding hydrogens is 314 g/mol. The molecule has 0 aliphatic carbocycles. The van der Waals surface area contributed by atoms with Gasteiger partial charge in [-0.2, -0.15) is 0 Å². The minimum Gasteiger partial charge on any atom is -0.378 e. The van der Waals surface area contributed by atoms with E-state index < -0.39 is 0 Å². The van der Waals surface area contributed by atoms with Crippen molar-refractivity contribution in [3.63, 3.8) is 0 Å². The number of amides is 1. The Hall–Kier alpha value is -1.39. The molecule has 1 aliphatic heterocycles. The van der Waals surface area contributed by atoms with Gasteiger partial charge in [-0.15, -0.1) is 0 Å². The van der Waals surface area contributed by atoms with Crippen molar-refractivity contribution < 1.29 is 14.3 Å². The molecule has 2 rings (SSSR count). The van der Waals surface area contributed by atoms with Gasteiger partial charge in [0.1, 0.15) is 6.61 Å². The first-order chi connectivity index (χ1) is 12.0. The maximum atomic E-state index is 12.0. The Labute approximate surface area is 153 Å². The van der Waals surface area contributed by atoms with Gasteiger partial charge in [-0.3, -0.25) is 4.79 Å². The first-order valence-electron chi connectivity index (χ1n) is 9.46. The number of morpholine rings is 1. The molecule has 4 nitrogen and oxygen atoms in total. The van der Waals surface area contributed by atoms with E-state index in [-0.39, 0.29) is 18.6 Å². The van der Waals surface area contributed by atoms with Gasteiger partial charge in [0.15, 0.2) is 0 Å². The van der Waals surface area contributed by atoms with E-state index in [1.165, 1.54) is 0 Å². The minimum atomic E-state index is 0.0980. The molecule has 142 valence electrons. The lowest BCUT2D eigenvalue weighted by molar-refractivity contribution is -0.142. The van der Waals surface area contributed by atoms with Crippen molar-refractivity contribution in [2.45, 2.75) is 46.6 Å². The molecule has 0 spiro atoms. The highest BCUT2D eigenvalue weighted by molar-refractivity contribution is 5.77. The predicted molar refractivity (Wildman–Crippen MR) is 102 cm³/mol. The van der Waals surface area contributed by atoms with E-state index >= 15 is 0 Å². The Kier molecular flexibility index (Phi) is 11.2. The number of carbonyl (C=O) groups excluding carboxylic acids is 1. The average molecular weight is 350 g/mol. The van der Waals surface area contributed by atoms with Crippen LogP contribution in [0, 0.1) is 11.8 Å².